The maximum atomic E-state index is 12.4. The summed E-state index contributed by atoms with van der Waals surface area (Å²) in [7, 11) is 0. The van der Waals surface area contributed by atoms with Gasteiger partial charge in [-0.3, -0.25) is 0 Å². The van der Waals surface area contributed by atoms with E-state index in [-0.39, 0.29) is 12.6 Å². The normalized spacial score (nSPS) is 11.1. The molecule has 1 heterocycles. The Kier molecular flexibility index (Phi) is 4.37. The van der Waals surface area contributed by atoms with Crippen LogP contribution in [0.5, 0.6) is 0 Å². The standard InChI is InChI=1S/C18H19N3O2/c1-13(2)10-21-17(19-12-20-21)11-23-18(22)16-9-5-7-14-6-3-4-8-15(14)16/h3-9,12-13H,10-11H2,1-2H3. The number of aromatic nitrogens is 3. The quantitative estimate of drug-likeness (QED) is 0.677. The molecule has 1 aromatic heterocycles. The van der Waals surface area contributed by atoms with Gasteiger partial charge in [0.15, 0.2) is 12.4 Å². The zero-order chi connectivity index (χ0) is 16.2. The van der Waals surface area contributed by atoms with E-state index in [1.807, 2.05) is 36.4 Å². The molecule has 0 amide bonds. The molecule has 5 nitrogen and oxygen atoms in total. The summed E-state index contributed by atoms with van der Waals surface area (Å²) in [5.74, 6) is 0.761. The molecule has 5 heteroatoms. The Balaban J connectivity index is 1.76. The van der Waals surface area contributed by atoms with E-state index in [1.165, 1.54) is 6.33 Å². The van der Waals surface area contributed by atoms with E-state index in [0.29, 0.717) is 17.3 Å². The van der Waals surface area contributed by atoms with Gasteiger partial charge in [0.05, 0.1) is 5.56 Å². The van der Waals surface area contributed by atoms with Crippen LogP contribution in [0.3, 0.4) is 0 Å². The van der Waals surface area contributed by atoms with Gasteiger partial charge >= 0.3 is 5.97 Å². The minimum atomic E-state index is -0.346. The summed E-state index contributed by atoms with van der Waals surface area (Å²) in [5, 5.41) is 6.08. The van der Waals surface area contributed by atoms with Crippen molar-refractivity contribution in [1.82, 2.24) is 14.8 Å². The van der Waals surface area contributed by atoms with Crippen molar-refractivity contribution in [3.8, 4) is 0 Å². The van der Waals surface area contributed by atoms with Crippen molar-refractivity contribution in [2.75, 3.05) is 0 Å². The molecule has 23 heavy (non-hydrogen) atoms. The second-order valence-corrected chi connectivity index (χ2v) is 5.86. The van der Waals surface area contributed by atoms with Crippen LogP contribution in [0.1, 0.15) is 30.0 Å². The van der Waals surface area contributed by atoms with Crippen LogP contribution in [0.2, 0.25) is 0 Å². The molecule has 0 N–H and O–H groups in total. The molecule has 3 aromatic rings. The van der Waals surface area contributed by atoms with E-state index >= 15 is 0 Å². The minimum Gasteiger partial charge on any atom is -0.454 e. The topological polar surface area (TPSA) is 57.0 Å². The van der Waals surface area contributed by atoms with Gasteiger partial charge in [0, 0.05) is 6.54 Å². The minimum absolute atomic E-state index is 0.120. The molecule has 0 unspecified atom stereocenters. The van der Waals surface area contributed by atoms with Crippen LogP contribution in [0.25, 0.3) is 10.8 Å². The average molecular weight is 309 g/mol. The zero-order valence-electron chi connectivity index (χ0n) is 13.3. The number of nitrogens with zero attached hydrogens (tertiary/aromatic N) is 3. The van der Waals surface area contributed by atoms with E-state index in [0.717, 1.165) is 17.3 Å². The first kappa shape index (κ1) is 15.2. The molecule has 0 atom stereocenters. The second-order valence-electron chi connectivity index (χ2n) is 5.86. The molecule has 0 aliphatic heterocycles. The average Bonchev–Trinajstić information content (AvgIpc) is 2.98. The molecule has 0 radical (unpaired) electrons. The number of benzene rings is 2. The highest BCUT2D eigenvalue weighted by atomic mass is 16.5. The van der Waals surface area contributed by atoms with Gasteiger partial charge in [-0.25, -0.2) is 14.5 Å². The van der Waals surface area contributed by atoms with Crippen LogP contribution in [0.4, 0.5) is 0 Å². The van der Waals surface area contributed by atoms with Crippen molar-refractivity contribution in [2.24, 2.45) is 5.92 Å². The summed E-state index contributed by atoms with van der Waals surface area (Å²) in [6.45, 7) is 5.08. The Morgan fingerprint density at radius 2 is 1.96 bits per heavy atom. The molecule has 0 aliphatic rings. The Morgan fingerprint density at radius 3 is 2.78 bits per heavy atom. The van der Waals surface area contributed by atoms with Crippen molar-refractivity contribution in [3.63, 3.8) is 0 Å². The third kappa shape index (κ3) is 3.39. The van der Waals surface area contributed by atoms with Crippen LogP contribution >= 0.6 is 0 Å². The van der Waals surface area contributed by atoms with Gasteiger partial charge in [0.1, 0.15) is 6.33 Å². The highest BCUT2D eigenvalue weighted by Crippen LogP contribution is 2.19. The molecule has 0 bridgehead atoms. The molecule has 0 saturated heterocycles. The molecule has 3 rings (SSSR count). The van der Waals surface area contributed by atoms with E-state index in [9.17, 15) is 4.79 Å². The lowest BCUT2D eigenvalue weighted by molar-refractivity contribution is 0.0458. The third-order valence-electron chi connectivity index (χ3n) is 3.58. The van der Waals surface area contributed by atoms with Crippen LogP contribution in [0.15, 0.2) is 48.8 Å². The first-order valence-electron chi connectivity index (χ1n) is 7.66. The highest BCUT2D eigenvalue weighted by Gasteiger charge is 2.13. The lowest BCUT2D eigenvalue weighted by atomic mass is 10.1. The van der Waals surface area contributed by atoms with E-state index in [1.54, 1.807) is 10.7 Å². The number of ether oxygens (including phenoxy) is 1. The van der Waals surface area contributed by atoms with Gasteiger partial charge in [-0.15, -0.1) is 0 Å². The Hall–Kier alpha value is -2.69. The highest BCUT2D eigenvalue weighted by molar-refractivity contribution is 6.04. The molecule has 0 spiro atoms. The molecular formula is C18H19N3O2. The van der Waals surface area contributed by atoms with Gasteiger partial charge in [0.2, 0.25) is 0 Å². The first-order chi connectivity index (χ1) is 11.1. The fourth-order valence-corrected chi connectivity index (χ4v) is 2.51. The number of hydrogen-bond acceptors (Lipinski definition) is 4. The lowest BCUT2D eigenvalue weighted by Gasteiger charge is -2.10. The fraction of sp³-hybridized carbons (Fsp3) is 0.278. The third-order valence-corrected chi connectivity index (χ3v) is 3.58. The molecular weight excluding hydrogens is 290 g/mol. The number of carbonyl (C=O) groups excluding carboxylic acids is 1. The van der Waals surface area contributed by atoms with Crippen LogP contribution in [-0.4, -0.2) is 20.7 Å². The molecule has 2 aromatic carbocycles. The van der Waals surface area contributed by atoms with E-state index < -0.39 is 0 Å². The Morgan fingerprint density at radius 1 is 1.17 bits per heavy atom. The summed E-state index contributed by atoms with van der Waals surface area (Å²) in [5.41, 5.74) is 0.568. The lowest BCUT2D eigenvalue weighted by Crippen LogP contribution is -2.13. The van der Waals surface area contributed by atoms with Crippen molar-refractivity contribution in [3.05, 3.63) is 60.2 Å². The zero-order valence-corrected chi connectivity index (χ0v) is 13.3. The number of esters is 1. The Labute approximate surface area is 134 Å². The number of fused-ring (bicyclic) bond motifs is 1. The maximum absolute atomic E-state index is 12.4. The monoisotopic (exact) mass is 309 g/mol. The smallest absolute Gasteiger partial charge is 0.339 e. The molecule has 0 aliphatic carbocycles. The maximum Gasteiger partial charge on any atom is 0.339 e. The van der Waals surface area contributed by atoms with Gasteiger partial charge in [0.25, 0.3) is 0 Å². The summed E-state index contributed by atoms with van der Waals surface area (Å²) >= 11 is 0. The predicted molar refractivity (Wildman–Crippen MR) is 87.9 cm³/mol. The number of rotatable bonds is 5. The summed E-state index contributed by atoms with van der Waals surface area (Å²) in [6, 6.07) is 13.4. The van der Waals surface area contributed by atoms with Gasteiger partial charge in [-0.05, 0) is 22.8 Å². The van der Waals surface area contributed by atoms with Gasteiger partial charge in [-0.2, -0.15) is 5.10 Å². The van der Waals surface area contributed by atoms with Crippen molar-refractivity contribution in [2.45, 2.75) is 27.0 Å². The van der Waals surface area contributed by atoms with E-state index in [2.05, 4.69) is 23.9 Å². The van der Waals surface area contributed by atoms with Crippen LogP contribution in [0, 0.1) is 5.92 Å². The van der Waals surface area contributed by atoms with Gasteiger partial charge in [-0.1, -0.05) is 50.2 Å². The largest absolute Gasteiger partial charge is 0.454 e. The second kappa shape index (κ2) is 6.60. The SMILES string of the molecule is CC(C)Cn1ncnc1COC(=O)c1cccc2ccccc12. The number of hydrogen-bond donors (Lipinski definition) is 0. The molecule has 0 fully saturated rings. The van der Waals surface area contributed by atoms with Crippen LogP contribution in [-0.2, 0) is 17.9 Å². The molecule has 118 valence electrons. The van der Waals surface area contributed by atoms with Crippen LogP contribution < -0.4 is 0 Å². The predicted octanol–water partition coefficient (Wildman–Crippen LogP) is 3.44. The summed E-state index contributed by atoms with van der Waals surface area (Å²) in [4.78, 5) is 16.6. The first-order valence-corrected chi connectivity index (χ1v) is 7.66. The fourth-order valence-electron chi connectivity index (χ4n) is 2.51. The number of carbonyl (C=O) groups is 1. The van der Waals surface area contributed by atoms with E-state index in [4.69, 9.17) is 4.74 Å². The Bertz CT molecular complexity index is 819. The summed E-state index contributed by atoms with van der Waals surface area (Å²) in [6.07, 6.45) is 1.49. The summed E-state index contributed by atoms with van der Waals surface area (Å²) < 4.78 is 7.22. The van der Waals surface area contributed by atoms with Gasteiger partial charge < -0.3 is 4.74 Å². The molecule has 0 saturated carbocycles. The van der Waals surface area contributed by atoms with Crippen molar-refractivity contribution in [1.29, 1.82) is 0 Å². The van der Waals surface area contributed by atoms with Crippen molar-refractivity contribution < 1.29 is 9.53 Å². The van der Waals surface area contributed by atoms with Crippen molar-refractivity contribution >= 4 is 16.7 Å².